The van der Waals surface area contributed by atoms with E-state index in [1.807, 2.05) is 13.8 Å². The Labute approximate surface area is 123 Å². The van der Waals surface area contributed by atoms with Gasteiger partial charge in [0.2, 0.25) is 5.91 Å². The third-order valence-electron chi connectivity index (χ3n) is 3.23. The topological polar surface area (TPSA) is 88.4 Å². The Balaban J connectivity index is 2.82. The number of hydrogen-bond acceptors (Lipinski definition) is 3. The van der Waals surface area contributed by atoms with E-state index >= 15 is 0 Å². The molecule has 21 heavy (non-hydrogen) atoms. The van der Waals surface area contributed by atoms with E-state index in [2.05, 4.69) is 5.32 Å². The Morgan fingerprint density at radius 3 is 2.62 bits per heavy atom. The highest BCUT2D eigenvalue weighted by Gasteiger charge is 2.24. The number of aliphatic carboxylic acids is 1. The van der Waals surface area contributed by atoms with E-state index in [1.54, 1.807) is 25.3 Å². The van der Waals surface area contributed by atoms with Gasteiger partial charge in [-0.25, -0.2) is 0 Å². The summed E-state index contributed by atoms with van der Waals surface area (Å²) in [5.41, 5.74) is 0.402. The number of aryl methyl sites for hydroxylation is 1. The number of hydrogen-bond donors (Lipinski definition) is 2. The average molecular weight is 294 g/mol. The summed E-state index contributed by atoms with van der Waals surface area (Å²) in [5.74, 6) is -1.20. The van der Waals surface area contributed by atoms with E-state index in [0.717, 1.165) is 0 Å². The van der Waals surface area contributed by atoms with Crippen molar-refractivity contribution in [1.82, 2.24) is 9.88 Å². The van der Waals surface area contributed by atoms with Gasteiger partial charge in [0.1, 0.15) is 6.04 Å². The lowest BCUT2D eigenvalue weighted by molar-refractivity contribution is -0.137. The number of carboxylic acids is 1. The van der Waals surface area contributed by atoms with Crippen LogP contribution >= 0.6 is 0 Å². The number of carboxylic acid groups (broad SMARTS) is 1. The van der Waals surface area contributed by atoms with Gasteiger partial charge in [-0.15, -0.1) is 0 Å². The molecule has 6 heteroatoms. The van der Waals surface area contributed by atoms with Gasteiger partial charge in [0, 0.05) is 24.7 Å². The van der Waals surface area contributed by atoms with Crippen LogP contribution in [0.15, 0.2) is 23.1 Å². The lowest BCUT2D eigenvalue weighted by Gasteiger charge is -2.23. The first-order valence-corrected chi connectivity index (χ1v) is 7.02. The van der Waals surface area contributed by atoms with Gasteiger partial charge in [-0.2, -0.15) is 0 Å². The van der Waals surface area contributed by atoms with Crippen molar-refractivity contribution in [3.63, 3.8) is 0 Å². The van der Waals surface area contributed by atoms with Crippen LogP contribution in [0.3, 0.4) is 0 Å². The molecular formula is C15H22N2O4. The first kappa shape index (κ1) is 16.9. The fourth-order valence-electron chi connectivity index (χ4n) is 2.15. The number of nitrogens with one attached hydrogen (secondary N) is 1. The first-order valence-electron chi connectivity index (χ1n) is 7.02. The largest absolute Gasteiger partial charge is 0.481 e. The molecule has 0 aliphatic heterocycles. The fraction of sp³-hybridized carbons (Fsp3) is 0.533. The number of pyridine rings is 1. The lowest BCUT2D eigenvalue weighted by atomic mass is 10.0. The van der Waals surface area contributed by atoms with Crippen LogP contribution in [-0.2, 0) is 9.59 Å². The van der Waals surface area contributed by atoms with E-state index in [-0.39, 0.29) is 30.3 Å². The molecule has 0 aliphatic carbocycles. The second-order valence-electron chi connectivity index (χ2n) is 5.38. The standard InChI is InChI=1S/C15H22N2O4/c1-10(2)13(14(20)16-8-4-7-12(18)19)17-9-5-6-11(3)15(17)21/h5-6,9-10,13H,4,7-8H2,1-3H3,(H,16,20)(H,18,19). The van der Waals surface area contributed by atoms with Crippen LogP contribution in [0.5, 0.6) is 0 Å². The quantitative estimate of drug-likeness (QED) is 0.743. The van der Waals surface area contributed by atoms with Crippen molar-refractivity contribution in [3.05, 3.63) is 34.2 Å². The summed E-state index contributed by atoms with van der Waals surface area (Å²) >= 11 is 0. The van der Waals surface area contributed by atoms with Gasteiger partial charge in [0.15, 0.2) is 0 Å². The number of aromatic nitrogens is 1. The summed E-state index contributed by atoms with van der Waals surface area (Å²) in [6, 6.07) is 2.85. The van der Waals surface area contributed by atoms with Gasteiger partial charge in [-0.3, -0.25) is 14.4 Å². The normalized spacial score (nSPS) is 12.2. The minimum atomic E-state index is -0.889. The monoisotopic (exact) mass is 294 g/mol. The Kier molecular flexibility index (Phi) is 6.14. The summed E-state index contributed by atoms with van der Waals surface area (Å²) < 4.78 is 1.44. The third-order valence-corrected chi connectivity index (χ3v) is 3.23. The molecule has 1 amide bonds. The minimum Gasteiger partial charge on any atom is -0.481 e. The second-order valence-corrected chi connectivity index (χ2v) is 5.38. The van der Waals surface area contributed by atoms with E-state index in [4.69, 9.17) is 5.11 Å². The van der Waals surface area contributed by atoms with Crippen molar-refractivity contribution < 1.29 is 14.7 Å². The van der Waals surface area contributed by atoms with Gasteiger partial charge < -0.3 is 15.0 Å². The van der Waals surface area contributed by atoms with Crippen molar-refractivity contribution in [1.29, 1.82) is 0 Å². The zero-order chi connectivity index (χ0) is 16.0. The summed E-state index contributed by atoms with van der Waals surface area (Å²) in [7, 11) is 0. The highest BCUT2D eigenvalue weighted by Crippen LogP contribution is 2.16. The van der Waals surface area contributed by atoms with Crippen LogP contribution in [0.4, 0.5) is 0 Å². The molecule has 0 spiro atoms. The highest BCUT2D eigenvalue weighted by molar-refractivity contribution is 5.80. The number of rotatable bonds is 7. The van der Waals surface area contributed by atoms with Crippen LogP contribution in [-0.4, -0.2) is 28.1 Å². The maximum atomic E-state index is 12.3. The van der Waals surface area contributed by atoms with Crippen molar-refractivity contribution in [3.8, 4) is 0 Å². The van der Waals surface area contributed by atoms with Gasteiger partial charge in [0.05, 0.1) is 0 Å². The molecule has 0 saturated heterocycles. The number of nitrogens with zero attached hydrogens (tertiary/aromatic N) is 1. The SMILES string of the molecule is Cc1cccn(C(C(=O)NCCCC(=O)O)C(C)C)c1=O. The fourth-order valence-corrected chi connectivity index (χ4v) is 2.15. The zero-order valence-corrected chi connectivity index (χ0v) is 12.6. The van der Waals surface area contributed by atoms with Crippen LogP contribution in [0.1, 0.15) is 38.3 Å². The van der Waals surface area contributed by atoms with Gasteiger partial charge in [-0.05, 0) is 25.3 Å². The molecule has 1 unspecified atom stereocenters. The molecule has 1 heterocycles. The predicted molar refractivity (Wildman–Crippen MR) is 79.2 cm³/mol. The molecule has 0 aliphatic rings. The van der Waals surface area contributed by atoms with Crippen LogP contribution in [0.2, 0.25) is 0 Å². The Bertz CT molecular complexity index is 563. The van der Waals surface area contributed by atoms with E-state index in [1.165, 1.54) is 4.57 Å². The Hall–Kier alpha value is -2.11. The Morgan fingerprint density at radius 2 is 2.05 bits per heavy atom. The molecule has 1 rings (SSSR count). The Morgan fingerprint density at radius 1 is 1.38 bits per heavy atom. The van der Waals surface area contributed by atoms with Gasteiger partial charge >= 0.3 is 5.97 Å². The number of carbonyl (C=O) groups excluding carboxylic acids is 1. The summed E-state index contributed by atoms with van der Waals surface area (Å²) in [6.45, 7) is 5.74. The molecule has 1 atom stereocenters. The van der Waals surface area contributed by atoms with Crippen molar-refractivity contribution >= 4 is 11.9 Å². The maximum absolute atomic E-state index is 12.3. The van der Waals surface area contributed by atoms with E-state index in [9.17, 15) is 14.4 Å². The third kappa shape index (κ3) is 4.73. The van der Waals surface area contributed by atoms with E-state index < -0.39 is 12.0 Å². The predicted octanol–water partition coefficient (Wildman–Crippen LogP) is 1.33. The number of carbonyl (C=O) groups is 2. The highest BCUT2D eigenvalue weighted by atomic mass is 16.4. The smallest absolute Gasteiger partial charge is 0.303 e. The molecule has 0 aromatic carbocycles. The molecular weight excluding hydrogens is 272 g/mol. The minimum absolute atomic E-state index is 0.0109. The lowest BCUT2D eigenvalue weighted by Crippen LogP contribution is -2.40. The zero-order valence-electron chi connectivity index (χ0n) is 12.6. The second kappa shape index (κ2) is 7.61. The van der Waals surface area contributed by atoms with Crippen molar-refractivity contribution in [2.45, 2.75) is 39.7 Å². The molecule has 0 saturated carbocycles. The molecule has 0 bridgehead atoms. The maximum Gasteiger partial charge on any atom is 0.303 e. The molecule has 2 N–H and O–H groups in total. The molecule has 6 nitrogen and oxygen atoms in total. The summed E-state index contributed by atoms with van der Waals surface area (Å²) in [6.07, 6.45) is 1.99. The van der Waals surface area contributed by atoms with Crippen molar-refractivity contribution in [2.24, 2.45) is 5.92 Å². The summed E-state index contributed by atoms with van der Waals surface area (Å²) in [5, 5.41) is 11.3. The van der Waals surface area contributed by atoms with Gasteiger partial charge in [0.25, 0.3) is 5.56 Å². The van der Waals surface area contributed by atoms with Crippen LogP contribution in [0, 0.1) is 12.8 Å². The average Bonchev–Trinajstić information content (AvgIpc) is 2.39. The molecule has 0 radical (unpaired) electrons. The number of amides is 1. The van der Waals surface area contributed by atoms with Crippen LogP contribution in [0.25, 0.3) is 0 Å². The molecule has 116 valence electrons. The van der Waals surface area contributed by atoms with Gasteiger partial charge in [-0.1, -0.05) is 19.9 Å². The first-order chi connectivity index (χ1) is 9.84. The molecule has 1 aromatic rings. The van der Waals surface area contributed by atoms with Crippen LogP contribution < -0.4 is 10.9 Å². The molecule has 0 fully saturated rings. The van der Waals surface area contributed by atoms with Crippen molar-refractivity contribution in [2.75, 3.05) is 6.54 Å². The van der Waals surface area contributed by atoms with E-state index in [0.29, 0.717) is 12.0 Å². The summed E-state index contributed by atoms with van der Waals surface area (Å²) in [4.78, 5) is 34.9. The molecule has 1 aromatic heterocycles.